The maximum Gasteiger partial charge on any atom is 0.0670 e. The van der Waals surface area contributed by atoms with Gasteiger partial charge >= 0.3 is 0 Å². The Bertz CT molecular complexity index is 437. The van der Waals surface area contributed by atoms with Gasteiger partial charge in [-0.05, 0) is 27.6 Å². The second-order valence-corrected chi connectivity index (χ2v) is 4.72. The second-order valence-electron chi connectivity index (χ2n) is 2.95. The van der Waals surface area contributed by atoms with Crippen molar-refractivity contribution in [1.82, 2.24) is 9.78 Å². The summed E-state index contributed by atoms with van der Waals surface area (Å²) in [6, 6.07) is 8.15. The summed E-state index contributed by atoms with van der Waals surface area (Å²) in [7, 11) is 0. The van der Waals surface area contributed by atoms with E-state index in [0.29, 0.717) is 0 Å². The number of halogens is 2. The van der Waals surface area contributed by atoms with E-state index in [2.05, 4.69) is 43.0 Å². The van der Waals surface area contributed by atoms with E-state index in [4.69, 9.17) is 0 Å². The number of aromatic nitrogens is 2. The fourth-order valence-corrected chi connectivity index (χ4v) is 1.96. The summed E-state index contributed by atoms with van der Waals surface area (Å²) in [5.74, 6) is 0. The van der Waals surface area contributed by atoms with Crippen LogP contribution in [0.4, 0.5) is 0 Å². The van der Waals surface area contributed by atoms with Crippen molar-refractivity contribution in [3.63, 3.8) is 0 Å². The van der Waals surface area contributed by atoms with Crippen molar-refractivity contribution in [3.8, 4) is 0 Å². The van der Waals surface area contributed by atoms with Crippen molar-refractivity contribution in [2.75, 3.05) is 0 Å². The Labute approximate surface area is 99.2 Å². The Morgan fingerprint density at radius 2 is 2.00 bits per heavy atom. The van der Waals surface area contributed by atoms with Crippen LogP contribution < -0.4 is 0 Å². The highest BCUT2D eigenvalue weighted by molar-refractivity contribution is 9.10. The van der Waals surface area contributed by atoms with Gasteiger partial charge in [0.1, 0.15) is 0 Å². The fourth-order valence-electron chi connectivity index (χ4n) is 1.23. The Hall–Kier alpha value is -0.610. The number of nitrogens with zero attached hydrogens (tertiary/aromatic N) is 2. The lowest BCUT2D eigenvalue weighted by Crippen LogP contribution is -2.00. The topological polar surface area (TPSA) is 17.8 Å². The quantitative estimate of drug-likeness (QED) is 0.830. The molecule has 0 unspecified atom stereocenters. The molecule has 1 heterocycles. The Kier molecular flexibility index (Phi) is 3.03. The van der Waals surface area contributed by atoms with Crippen LogP contribution in [-0.4, -0.2) is 9.78 Å². The highest BCUT2D eigenvalue weighted by atomic mass is 79.9. The summed E-state index contributed by atoms with van der Waals surface area (Å²) >= 11 is 6.88. The van der Waals surface area contributed by atoms with Crippen molar-refractivity contribution < 1.29 is 0 Å². The fraction of sp³-hybridized carbons (Fsp3) is 0.100. The maximum absolute atomic E-state index is 4.20. The molecular formula is C10H8Br2N2. The van der Waals surface area contributed by atoms with Crippen molar-refractivity contribution in [1.29, 1.82) is 0 Å². The largest absolute Gasteiger partial charge is 0.267 e. The van der Waals surface area contributed by atoms with E-state index in [1.54, 1.807) is 6.20 Å². The molecular weight excluding hydrogens is 308 g/mol. The summed E-state index contributed by atoms with van der Waals surface area (Å²) in [4.78, 5) is 0. The van der Waals surface area contributed by atoms with Crippen LogP contribution >= 0.6 is 31.9 Å². The van der Waals surface area contributed by atoms with E-state index in [1.807, 2.05) is 29.1 Å². The third kappa shape index (κ3) is 2.25. The van der Waals surface area contributed by atoms with Crippen LogP contribution in [0.5, 0.6) is 0 Å². The van der Waals surface area contributed by atoms with E-state index >= 15 is 0 Å². The minimum atomic E-state index is 0.785. The first-order valence-corrected chi connectivity index (χ1v) is 5.75. The van der Waals surface area contributed by atoms with Gasteiger partial charge in [-0.25, -0.2) is 0 Å². The van der Waals surface area contributed by atoms with Gasteiger partial charge in [0.2, 0.25) is 0 Å². The molecule has 1 aromatic heterocycles. The first kappa shape index (κ1) is 9.93. The lowest BCUT2D eigenvalue weighted by molar-refractivity contribution is 0.685. The highest BCUT2D eigenvalue weighted by Gasteiger charge is 2.00. The van der Waals surface area contributed by atoms with Gasteiger partial charge in [0.05, 0.1) is 17.2 Å². The Morgan fingerprint density at radius 3 is 2.64 bits per heavy atom. The van der Waals surface area contributed by atoms with E-state index in [0.717, 1.165) is 15.5 Å². The van der Waals surface area contributed by atoms with Crippen LogP contribution in [0.2, 0.25) is 0 Å². The minimum Gasteiger partial charge on any atom is -0.267 e. The summed E-state index contributed by atoms with van der Waals surface area (Å²) in [6.07, 6.45) is 3.75. The van der Waals surface area contributed by atoms with Crippen LogP contribution in [0.1, 0.15) is 5.56 Å². The SMILES string of the molecule is Brc1cnn(Cc2ccccc2Br)c1. The van der Waals surface area contributed by atoms with Gasteiger partial charge in [-0.2, -0.15) is 5.10 Å². The van der Waals surface area contributed by atoms with E-state index < -0.39 is 0 Å². The lowest BCUT2D eigenvalue weighted by Gasteiger charge is -2.03. The zero-order valence-corrected chi connectivity index (χ0v) is 10.5. The molecule has 0 fully saturated rings. The van der Waals surface area contributed by atoms with Crippen molar-refractivity contribution >= 4 is 31.9 Å². The molecule has 14 heavy (non-hydrogen) atoms. The minimum absolute atomic E-state index is 0.785. The molecule has 72 valence electrons. The zero-order chi connectivity index (χ0) is 9.97. The van der Waals surface area contributed by atoms with E-state index in [-0.39, 0.29) is 0 Å². The Morgan fingerprint density at radius 1 is 1.21 bits per heavy atom. The van der Waals surface area contributed by atoms with Gasteiger partial charge in [-0.15, -0.1) is 0 Å². The molecule has 0 aliphatic rings. The van der Waals surface area contributed by atoms with Crippen LogP contribution in [0.3, 0.4) is 0 Å². The predicted octanol–water partition coefficient (Wildman–Crippen LogP) is 3.46. The van der Waals surface area contributed by atoms with Crippen LogP contribution in [0.15, 0.2) is 45.6 Å². The molecule has 0 amide bonds. The zero-order valence-electron chi connectivity index (χ0n) is 7.32. The van der Waals surface area contributed by atoms with E-state index in [9.17, 15) is 0 Å². The number of hydrogen-bond donors (Lipinski definition) is 0. The smallest absolute Gasteiger partial charge is 0.0670 e. The molecule has 0 aliphatic heterocycles. The number of rotatable bonds is 2. The first-order valence-electron chi connectivity index (χ1n) is 4.17. The molecule has 0 spiro atoms. The van der Waals surface area contributed by atoms with Crippen molar-refractivity contribution in [2.24, 2.45) is 0 Å². The molecule has 2 rings (SSSR count). The van der Waals surface area contributed by atoms with E-state index in [1.165, 1.54) is 5.56 Å². The van der Waals surface area contributed by atoms with Crippen LogP contribution in [0, 0.1) is 0 Å². The van der Waals surface area contributed by atoms with Crippen LogP contribution in [-0.2, 0) is 6.54 Å². The van der Waals surface area contributed by atoms with Gasteiger partial charge in [0.15, 0.2) is 0 Å². The summed E-state index contributed by atoms with van der Waals surface area (Å²) < 4.78 is 4.01. The number of benzene rings is 1. The highest BCUT2D eigenvalue weighted by Crippen LogP contribution is 2.17. The van der Waals surface area contributed by atoms with Gasteiger partial charge in [0, 0.05) is 10.7 Å². The average Bonchev–Trinajstić information content (AvgIpc) is 2.56. The summed E-state index contributed by atoms with van der Waals surface area (Å²) in [5.41, 5.74) is 1.23. The third-order valence-corrected chi connectivity index (χ3v) is 3.08. The molecule has 0 N–H and O–H groups in total. The molecule has 1 aromatic carbocycles. The number of hydrogen-bond acceptors (Lipinski definition) is 1. The monoisotopic (exact) mass is 314 g/mol. The molecule has 4 heteroatoms. The molecule has 0 radical (unpaired) electrons. The van der Waals surface area contributed by atoms with Crippen LogP contribution in [0.25, 0.3) is 0 Å². The predicted molar refractivity (Wildman–Crippen MR) is 63.2 cm³/mol. The molecule has 0 saturated carbocycles. The third-order valence-electron chi connectivity index (χ3n) is 1.89. The molecule has 0 saturated heterocycles. The van der Waals surface area contributed by atoms with Crippen molar-refractivity contribution in [3.05, 3.63) is 51.2 Å². The van der Waals surface area contributed by atoms with Gasteiger partial charge in [-0.3, -0.25) is 4.68 Å². The average molecular weight is 316 g/mol. The Balaban J connectivity index is 2.23. The molecule has 2 aromatic rings. The molecule has 0 aliphatic carbocycles. The first-order chi connectivity index (χ1) is 6.75. The van der Waals surface area contributed by atoms with Crippen molar-refractivity contribution in [2.45, 2.75) is 6.54 Å². The molecule has 0 atom stereocenters. The van der Waals surface area contributed by atoms with Gasteiger partial charge in [-0.1, -0.05) is 34.1 Å². The lowest BCUT2D eigenvalue weighted by atomic mass is 10.2. The van der Waals surface area contributed by atoms with Gasteiger partial charge < -0.3 is 0 Å². The second kappa shape index (κ2) is 4.28. The maximum atomic E-state index is 4.20. The summed E-state index contributed by atoms with van der Waals surface area (Å²) in [5, 5.41) is 4.20. The van der Waals surface area contributed by atoms with Gasteiger partial charge in [0.25, 0.3) is 0 Å². The summed E-state index contributed by atoms with van der Waals surface area (Å²) in [6.45, 7) is 0.785. The molecule has 0 bridgehead atoms. The standard InChI is InChI=1S/C10H8Br2N2/c11-9-5-13-14(7-9)6-8-3-1-2-4-10(8)12/h1-5,7H,6H2. The molecule has 2 nitrogen and oxygen atoms in total. The normalized spacial score (nSPS) is 10.4.